The molecular formula is C17H17BrN2O4. The first-order chi connectivity index (χ1) is 11.3. The molecule has 0 bridgehead atoms. The highest BCUT2D eigenvalue weighted by Crippen LogP contribution is 2.26. The summed E-state index contributed by atoms with van der Waals surface area (Å²) in [7, 11) is 1.80. The fourth-order valence-corrected chi connectivity index (χ4v) is 2.77. The molecule has 7 heteroatoms. The zero-order valence-electron chi connectivity index (χ0n) is 13.5. The number of aliphatic carboxylic acids is 1. The zero-order valence-corrected chi connectivity index (χ0v) is 15.1. The van der Waals surface area contributed by atoms with E-state index in [2.05, 4.69) is 21.0 Å². The molecule has 24 heavy (non-hydrogen) atoms. The van der Waals surface area contributed by atoms with Crippen LogP contribution in [0.3, 0.4) is 0 Å². The number of carbonyl (C=O) groups excluding carboxylic acids is 1. The predicted molar refractivity (Wildman–Crippen MR) is 93.3 cm³/mol. The summed E-state index contributed by atoms with van der Waals surface area (Å²) in [4.78, 5) is 22.9. The molecular weight excluding hydrogens is 376 g/mol. The number of hydrogen-bond acceptors (Lipinski definition) is 4. The third-order valence-electron chi connectivity index (χ3n) is 3.49. The molecule has 2 aromatic rings. The normalized spacial score (nSPS) is 11.0. The first kappa shape index (κ1) is 17.9. The zero-order chi connectivity index (χ0) is 17.9. The first-order valence-electron chi connectivity index (χ1n) is 7.16. The lowest BCUT2D eigenvalue weighted by molar-refractivity contribution is -0.139. The van der Waals surface area contributed by atoms with Gasteiger partial charge in [0.15, 0.2) is 12.4 Å². The van der Waals surface area contributed by atoms with Gasteiger partial charge in [0, 0.05) is 12.7 Å². The summed E-state index contributed by atoms with van der Waals surface area (Å²) in [5.74, 6) is -0.723. The number of carboxylic acids is 1. The van der Waals surface area contributed by atoms with E-state index in [-0.39, 0.29) is 5.78 Å². The molecule has 1 N–H and O–H groups in total. The Morgan fingerprint density at radius 2 is 2.08 bits per heavy atom. The quantitative estimate of drug-likeness (QED) is 0.602. The first-order valence-corrected chi connectivity index (χ1v) is 7.95. The van der Waals surface area contributed by atoms with E-state index >= 15 is 0 Å². The van der Waals surface area contributed by atoms with Gasteiger partial charge in [0.1, 0.15) is 5.75 Å². The van der Waals surface area contributed by atoms with Gasteiger partial charge in [-0.2, -0.15) is 5.10 Å². The number of aromatic nitrogens is 2. The van der Waals surface area contributed by atoms with Crippen LogP contribution in [0.15, 0.2) is 28.7 Å². The second-order valence-corrected chi connectivity index (χ2v) is 6.09. The lowest BCUT2D eigenvalue weighted by Gasteiger charge is -2.06. The maximum Gasteiger partial charge on any atom is 0.341 e. The molecule has 0 saturated carbocycles. The van der Waals surface area contributed by atoms with Crippen molar-refractivity contribution >= 4 is 33.8 Å². The summed E-state index contributed by atoms with van der Waals surface area (Å²) < 4.78 is 7.43. The van der Waals surface area contributed by atoms with Gasteiger partial charge < -0.3 is 9.84 Å². The van der Waals surface area contributed by atoms with Gasteiger partial charge in [-0.1, -0.05) is 12.1 Å². The summed E-state index contributed by atoms with van der Waals surface area (Å²) in [5, 5.41) is 12.9. The highest BCUT2D eigenvalue weighted by molar-refractivity contribution is 9.10. The molecule has 0 aliphatic carbocycles. The van der Waals surface area contributed by atoms with Gasteiger partial charge in [-0.3, -0.25) is 9.48 Å². The average Bonchev–Trinajstić information content (AvgIpc) is 2.76. The number of aryl methyl sites for hydroxylation is 2. The molecule has 1 aromatic heterocycles. The highest BCUT2D eigenvalue weighted by Gasteiger charge is 2.14. The number of carbonyl (C=O) groups is 2. The SMILES string of the molecule is Cc1nn(C)c(C)c1C(=O)C=Cc1ccc(OCC(=O)O)c(Br)c1. The average molecular weight is 393 g/mol. The minimum Gasteiger partial charge on any atom is -0.481 e. The van der Waals surface area contributed by atoms with Crippen molar-refractivity contribution in [1.29, 1.82) is 0 Å². The third-order valence-corrected chi connectivity index (χ3v) is 4.11. The summed E-state index contributed by atoms with van der Waals surface area (Å²) in [6.07, 6.45) is 3.19. The number of carboxylic acid groups (broad SMARTS) is 1. The number of halogens is 1. The maximum absolute atomic E-state index is 12.4. The molecule has 1 heterocycles. The van der Waals surface area contributed by atoms with E-state index in [4.69, 9.17) is 9.84 Å². The fourth-order valence-electron chi connectivity index (χ4n) is 2.26. The van der Waals surface area contributed by atoms with E-state index in [1.807, 2.05) is 6.92 Å². The minimum atomic E-state index is -1.04. The van der Waals surface area contributed by atoms with Crippen molar-refractivity contribution in [2.24, 2.45) is 7.05 Å². The topological polar surface area (TPSA) is 81.4 Å². The Morgan fingerprint density at radius 3 is 2.62 bits per heavy atom. The van der Waals surface area contributed by atoms with Gasteiger partial charge >= 0.3 is 5.97 Å². The van der Waals surface area contributed by atoms with Crippen LogP contribution in [0.4, 0.5) is 0 Å². The van der Waals surface area contributed by atoms with Crippen LogP contribution in [0.25, 0.3) is 6.08 Å². The predicted octanol–water partition coefficient (Wildman–Crippen LogP) is 3.16. The van der Waals surface area contributed by atoms with Gasteiger partial charge in [-0.15, -0.1) is 0 Å². The van der Waals surface area contributed by atoms with E-state index in [0.29, 0.717) is 21.5 Å². The molecule has 0 radical (unpaired) electrons. The number of nitrogens with zero attached hydrogens (tertiary/aromatic N) is 2. The monoisotopic (exact) mass is 392 g/mol. The van der Waals surface area contributed by atoms with Gasteiger partial charge in [0.2, 0.25) is 0 Å². The summed E-state index contributed by atoms with van der Waals surface area (Å²) in [6.45, 7) is 3.25. The molecule has 2 rings (SSSR count). The van der Waals surface area contributed by atoms with Crippen LogP contribution in [0.1, 0.15) is 27.3 Å². The van der Waals surface area contributed by atoms with Gasteiger partial charge in [0.05, 0.1) is 15.7 Å². The molecule has 0 aliphatic heterocycles. The van der Waals surface area contributed by atoms with E-state index in [9.17, 15) is 9.59 Å². The van der Waals surface area contributed by atoms with E-state index < -0.39 is 12.6 Å². The van der Waals surface area contributed by atoms with Crippen LogP contribution < -0.4 is 4.74 Å². The number of benzene rings is 1. The minimum absolute atomic E-state index is 0.111. The molecule has 0 spiro atoms. The summed E-state index contributed by atoms with van der Waals surface area (Å²) >= 11 is 3.33. The lowest BCUT2D eigenvalue weighted by Crippen LogP contribution is -2.09. The second-order valence-electron chi connectivity index (χ2n) is 5.24. The fraction of sp³-hybridized carbons (Fsp3) is 0.235. The van der Waals surface area contributed by atoms with Crippen molar-refractivity contribution in [1.82, 2.24) is 9.78 Å². The summed E-state index contributed by atoms with van der Waals surface area (Å²) in [5.41, 5.74) is 2.91. The Hall–Kier alpha value is -2.41. The molecule has 0 amide bonds. The Morgan fingerprint density at radius 1 is 1.38 bits per heavy atom. The van der Waals surface area contributed by atoms with Crippen LogP contribution in [0.2, 0.25) is 0 Å². The Labute approximate surface area is 147 Å². The van der Waals surface area contributed by atoms with Crippen molar-refractivity contribution in [2.45, 2.75) is 13.8 Å². The van der Waals surface area contributed by atoms with Crippen LogP contribution in [-0.2, 0) is 11.8 Å². The number of allylic oxidation sites excluding steroid dienone is 1. The van der Waals surface area contributed by atoms with E-state index in [1.165, 1.54) is 6.08 Å². The van der Waals surface area contributed by atoms with Crippen LogP contribution in [-0.4, -0.2) is 33.2 Å². The number of ketones is 1. The van der Waals surface area contributed by atoms with Crippen molar-refractivity contribution in [3.8, 4) is 5.75 Å². The number of rotatable bonds is 6. The maximum atomic E-state index is 12.4. The standard InChI is InChI=1S/C17H17BrN2O4/c1-10-17(11(2)20(3)19-10)14(21)6-4-12-5-7-15(13(18)8-12)24-9-16(22)23/h4-8H,9H2,1-3H3,(H,22,23). The van der Waals surface area contributed by atoms with Crippen molar-refractivity contribution < 1.29 is 19.4 Å². The van der Waals surface area contributed by atoms with Crippen LogP contribution in [0.5, 0.6) is 5.75 Å². The Balaban J connectivity index is 2.15. The largest absolute Gasteiger partial charge is 0.481 e. The molecule has 0 unspecified atom stereocenters. The Bertz CT molecular complexity index is 824. The smallest absolute Gasteiger partial charge is 0.341 e. The van der Waals surface area contributed by atoms with Crippen LogP contribution >= 0.6 is 15.9 Å². The summed E-state index contributed by atoms with van der Waals surface area (Å²) in [6, 6.07) is 5.15. The highest BCUT2D eigenvalue weighted by atomic mass is 79.9. The van der Waals surface area contributed by atoms with E-state index in [1.54, 1.807) is 42.9 Å². The van der Waals surface area contributed by atoms with Crippen molar-refractivity contribution in [3.63, 3.8) is 0 Å². The number of hydrogen-bond donors (Lipinski definition) is 1. The van der Waals surface area contributed by atoms with Crippen LogP contribution in [0, 0.1) is 13.8 Å². The molecule has 0 atom stereocenters. The third kappa shape index (κ3) is 4.11. The molecule has 126 valence electrons. The lowest BCUT2D eigenvalue weighted by atomic mass is 10.1. The molecule has 0 aliphatic rings. The van der Waals surface area contributed by atoms with Crippen molar-refractivity contribution in [2.75, 3.05) is 6.61 Å². The second kappa shape index (κ2) is 7.44. The molecule has 1 aromatic carbocycles. The van der Waals surface area contributed by atoms with Gasteiger partial charge in [-0.25, -0.2) is 4.79 Å². The number of ether oxygens (including phenoxy) is 1. The molecule has 0 saturated heterocycles. The van der Waals surface area contributed by atoms with Gasteiger partial charge in [-0.05, 0) is 53.5 Å². The molecule has 6 nitrogen and oxygen atoms in total. The Kier molecular flexibility index (Phi) is 5.56. The molecule has 0 fully saturated rings. The van der Waals surface area contributed by atoms with Gasteiger partial charge in [0.25, 0.3) is 0 Å². The van der Waals surface area contributed by atoms with E-state index in [0.717, 1.165) is 11.3 Å². The van der Waals surface area contributed by atoms with Crippen molar-refractivity contribution in [3.05, 3.63) is 51.3 Å².